The van der Waals surface area contributed by atoms with Gasteiger partial charge in [0.1, 0.15) is 0 Å². The number of aliphatic imine (C=N–C) groups is 1. The molecule has 20 heavy (non-hydrogen) atoms. The van der Waals surface area contributed by atoms with Crippen LogP contribution in [0.15, 0.2) is 40.2 Å². The van der Waals surface area contributed by atoms with Crippen LogP contribution in [0, 0.1) is 5.41 Å². The van der Waals surface area contributed by atoms with E-state index in [-0.39, 0.29) is 5.41 Å². The van der Waals surface area contributed by atoms with Gasteiger partial charge in [-0.3, -0.25) is 0 Å². The van der Waals surface area contributed by atoms with E-state index in [1.165, 1.54) is 0 Å². The Hall–Kier alpha value is -1.62. The number of nitrogens with zero attached hydrogens (tertiary/aromatic N) is 2. The van der Waals surface area contributed by atoms with E-state index < -0.39 is 0 Å². The molecule has 0 spiro atoms. The molecule has 1 aromatic carbocycles. The Morgan fingerprint density at radius 2 is 2.20 bits per heavy atom. The van der Waals surface area contributed by atoms with E-state index in [2.05, 4.69) is 57.0 Å². The molecule has 0 radical (unpaired) electrons. The van der Waals surface area contributed by atoms with E-state index in [0.29, 0.717) is 0 Å². The number of benzene rings is 1. The van der Waals surface area contributed by atoms with E-state index >= 15 is 0 Å². The zero-order valence-electron chi connectivity index (χ0n) is 11.9. The van der Waals surface area contributed by atoms with Crippen molar-refractivity contribution in [3.63, 3.8) is 0 Å². The molecule has 5 heteroatoms. The molecule has 1 aromatic heterocycles. The zero-order valence-corrected chi connectivity index (χ0v) is 13.5. The van der Waals surface area contributed by atoms with Gasteiger partial charge < -0.3 is 10.3 Å². The molecule has 0 unspecified atom stereocenters. The summed E-state index contributed by atoms with van der Waals surface area (Å²) < 4.78 is 0.951. The quantitative estimate of drug-likeness (QED) is 0.652. The predicted molar refractivity (Wildman–Crippen MR) is 87.3 cm³/mol. The lowest BCUT2D eigenvalue weighted by atomic mass is 9.97. The van der Waals surface area contributed by atoms with Gasteiger partial charge in [-0.15, -0.1) is 0 Å². The first-order valence-corrected chi connectivity index (χ1v) is 7.30. The third kappa shape index (κ3) is 4.20. The van der Waals surface area contributed by atoms with Gasteiger partial charge in [-0.25, -0.2) is 9.98 Å². The monoisotopic (exact) mass is 334 g/mol. The van der Waals surface area contributed by atoms with Crippen molar-refractivity contribution in [2.75, 3.05) is 6.54 Å². The molecule has 4 nitrogen and oxygen atoms in total. The normalized spacial score (nSPS) is 12.0. The fourth-order valence-corrected chi connectivity index (χ4v) is 2.14. The van der Waals surface area contributed by atoms with Crippen molar-refractivity contribution in [2.45, 2.75) is 20.8 Å². The lowest BCUT2D eigenvalue weighted by Crippen LogP contribution is -2.25. The Labute approximate surface area is 127 Å². The minimum absolute atomic E-state index is 0.243. The summed E-state index contributed by atoms with van der Waals surface area (Å²) in [5, 5.41) is 3.21. The third-order valence-electron chi connectivity index (χ3n) is 2.67. The summed E-state index contributed by atoms with van der Waals surface area (Å²) >= 11 is 3.54. The van der Waals surface area contributed by atoms with Gasteiger partial charge in [0, 0.05) is 22.8 Å². The molecular weight excluding hydrogens is 316 g/mol. The molecule has 0 aliphatic rings. The van der Waals surface area contributed by atoms with Crippen LogP contribution in [-0.2, 0) is 0 Å². The molecule has 1 heterocycles. The Bertz CT molecular complexity index is 582. The van der Waals surface area contributed by atoms with E-state index in [0.717, 1.165) is 28.0 Å². The van der Waals surface area contributed by atoms with E-state index in [4.69, 9.17) is 0 Å². The lowest BCUT2D eigenvalue weighted by molar-refractivity contribution is 0.410. The number of hydrogen-bond donors (Lipinski definition) is 2. The maximum atomic E-state index is 4.42. The topological polar surface area (TPSA) is 53.1 Å². The first-order chi connectivity index (χ1) is 9.46. The van der Waals surface area contributed by atoms with Crippen LogP contribution in [0.3, 0.4) is 0 Å². The van der Waals surface area contributed by atoms with Crippen molar-refractivity contribution >= 4 is 28.0 Å². The number of nitrogens with one attached hydrogen (secondary N) is 2. The molecule has 2 aromatic rings. The second kappa shape index (κ2) is 6.22. The van der Waals surface area contributed by atoms with Crippen LogP contribution in [0.25, 0.3) is 11.3 Å². The number of aromatic nitrogens is 2. The van der Waals surface area contributed by atoms with Crippen LogP contribution >= 0.6 is 15.9 Å². The molecule has 2 rings (SSSR count). The number of hydrogen-bond acceptors (Lipinski definition) is 2. The highest BCUT2D eigenvalue weighted by atomic mass is 79.9. The Morgan fingerprint density at radius 3 is 2.80 bits per heavy atom. The average Bonchev–Trinajstić information content (AvgIpc) is 2.88. The maximum absolute atomic E-state index is 4.42. The molecule has 0 bridgehead atoms. The number of aromatic amines is 1. The van der Waals surface area contributed by atoms with Crippen LogP contribution in [0.4, 0.5) is 5.69 Å². The molecule has 0 aliphatic heterocycles. The number of rotatable bonds is 4. The highest BCUT2D eigenvalue weighted by Gasteiger charge is 2.08. The molecule has 0 aliphatic carbocycles. The number of imidazole rings is 1. The van der Waals surface area contributed by atoms with Gasteiger partial charge in [0.05, 0.1) is 24.0 Å². The molecule has 0 amide bonds. The van der Waals surface area contributed by atoms with E-state index in [1.54, 1.807) is 12.7 Å². The lowest BCUT2D eigenvalue weighted by Gasteiger charge is -2.17. The smallest absolute Gasteiger partial charge is 0.0927 e. The van der Waals surface area contributed by atoms with E-state index in [1.807, 2.05) is 24.4 Å². The van der Waals surface area contributed by atoms with Gasteiger partial charge in [0.2, 0.25) is 0 Å². The fourth-order valence-electron chi connectivity index (χ4n) is 1.66. The highest BCUT2D eigenvalue weighted by molar-refractivity contribution is 9.10. The van der Waals surface area contributed by atoms with Crippen molar-refractivity contribution in [3.8, 4) is 11.3 Å². The summed E-state index contributed by atoms with van der Waals surface area (Å²) in [5.74, 6) is 0. The van der Waals surface area contributed by atoms with Crippen LogP contribution in [0.2, 0.25) is 0 Å². The van der Waals surface area contributed by atoms with Gasteiger partial charge >= 0.3 is 0 Å². The Balaban J connectivity index is 2.05. The largest absolute Gasteiger partial charge is 0.376 e. The number of halogens is 1. The fraction of sp³-hybridized carbons (Fsp3) is 0.333. The first kappa shape index (κ1) is 14.8. The molecule has 0 saturated carbocycles. The Kier molecular flexibility index (Phi) is 4.60. The first-order valence-electron chi connectivity index (χ1n) is 6.50. The molecule has 0 fully saturated rings. The molecule has 106 valence electrons. The van der Waals surface area contributed by atoms with Crippen LogP contribution in [0.5, 0.6) is 0 Å². The summed E-state index contributed by atoms with van der Waals surface area (Å²) in [6.45, 7) is 7.44. The SMILES string of the molecule is CC(C)(C)CNC=Nc1ccc(-c2c[nH]cn2)cc1Br. The van der Waals surface area contributed by atoms with Crippen LogP contribution < -0.4 is 5.32 Å². The highest BCUT2D eigenvalue weighted by Crippen LogP contribution is 2.29. The predicted octanol–water partition coefficient (Wildman–Crippen LogP) is 4.13. The Morgan fingerprint density at radius 1 is 1.40 bits per heavy atom. The van der Waals surface area contributed by atoms with Crippen molar-refractivity contribution in [1.29, 1.82) is 0 Å². The van der Waals surface area contributed by atoms with Crippen molar-refractivity contribution in [1.82, 2.24) is 15.3 Å². The number of H-pyrrole nitrogens is 1. The third-order valence-corrected chi connectivity index (χ3v) is 3.30. The average molecular weight is 335 g/mol. The van der Waals surface area contributed by atoms with Gasteiger partial charge in [0.25, 0.3) is 0 Å². The minimum atomic E-state index is 0.243. The standard InChI is InChI=1S/C15H19BrN4/c1-15(2,3)8-18-10-19-13-5-4-11(6-12(13)16)14-7-17-9-20-14/h4-7,9-10H,8H2,1-3H3,(H,17,20)(H,18,19). The van der Waals surface area contributed by atoms with Gasteiger partial charge in [0.15, 0.2) is 0 Å². The second-order valence-corrected chi connectivity index (χ2v) is 6.67. The molecule has 0 saturated heterocycles. The summed E-state index contributed by atoms with van der Waals surface area (Å²) in [7, 11) is 0. The minimum Gasteiger partial charge on any atom is -0.376 e. The van der Waals surface area contributed by atoms with Gasteiger partial charge in [-0.05, 0) is 33.5 Å². The van der Waals surface area contributed by atoms with E-state index in [9.17, 15) is 0 Å². The van der Waals surface area contributed by atoms with Crippen molar-refractivity contribution < 1.29 is 0 Å². The maximum Gasteiger partial charge on any atom is 0.0927 e. The second-order valence-electron chi connectivity index (χ2n) is 5.82. The summed E-state index contributed by atoms with van der Waals surface area (Å²) in [4.78, 5) is 11.6. The van der Waals surface area contributed by atoms with Crippen LogP contribution in [0.1, 0.15) is 20.8 Å². The van der Waals surface area contributed by atoms with Crippen molar-refractivity contribution in [2.24, 2.45) is 10.4 Å². The van der Waals surface area contributed by atoms with Crippen molar-refractivity contribution in [3.05, 3.63) is 35.2 Å². The zero-order chi connectivity index (χ0) is 14.6. The molecule has 2 N–H and O–H groups in total. The van der Waals surface area contributed by atoms with Gasteiger partial charge in [-0.2, -0.15) is 0 Å². The summed E-state index contributed by atoms with van der Waals surface area (Å²) in [6.07, 6.45) is 5.29. The summed E-state index contributed by atoms with van der Waals surface area (Å²) in [6, 6.07) is 6.01. The van der Waals surface area contributed by atoms with Crippen LogP contribution in [-0.4, -0.2) is 22.9 Å². The molecular formula is C15H19BrN4. The molecule has 0 atom stereocenters. The summed E-state index contributed by atoms with van der Waals surface area (Å²) in [5.41, 5.74) is 3.12. The van der Waals surface area contributed by atoms with Gasteiger partial charge in [-0.1, -0.05) is 26.8 Å².